The maximum atomic E-state index is 14.2. The van der Waals surface area contributed by atoms with Crippen molar-refractivity contribution in [3.63, 3.8) is 0 Å². The van der Waals surface area contributed by atoms with Gasteiger partial charge in [-0.05, 0) is 47.7 Å². The summed E-state index contributed by atoms with van der Waals surface area (Å²) in [6.07, 6.45) is -0.312. The summed E-state index contributed by atoms with van der Waals surface area (Å²) in [5.74, 6) is -1.35. The van der Waals surface area contributed by atoms with Gasteiger partial charge in [0.05, 0.1) is 22.7 Å². The molecule has 31 heavy (non-hydrogen) atoms. The first-order valence-corrected chi connectivity index (χ1v) is 9.46. The Kier molecular flexibility index (Phi) is 5.39. The Morgan fingerprint density at radius 3 is 2.77 bits per heavy atom. The molecule has 0 fully saturated rings. The summed E-state index contributed by atoms with van der Waals surface area (Å²) < 4.78 is 15.6. The lowest BCUT2D eigenvalue weighted by Crippen LogP contribution is -2.42. The van der Waals surface area contributed by atoms with Crippen molar-refractivity contribution in [2.75, 3.05) is 22.1 Å². The van der Waals surface area contributed by atoms with E-state index in [9.17, 15) is 18.8 Å². The number of hydrogen-bond acceptors (Lipinski definition) is 6. The Labute approximate surface area is 176 Å². The number of nitrogens with one attached hydrogen (secondary N) is 2. The van der Waals surface area contributed by atoms with Gasteiger partial charge < -0.3 is 15.5 Å². The monoisotopic (exact) mass is 423 g/mol. The number of carbonyl (C=O) groups excluding carboxylic acids is 3. The molecule has 1 aromatic heterocycles. The van der Waals surface area contributed by atoms with Crippen LogP contribution in [0.2, 0.25) is 0 Å². The van der Waals surface area contributed by atoms with E-state index in [1.165, 1.54) is 27.8 Å². The summed E-state index contributed by atoms with van der Waals surface area (Å²) >= 11 is 0. The number of carbonyl (C=O) groups is 3. The molecule has 0 atom stereocenters. The summed E-state index contributed by atoms with van der Waals surface area (Å²) in [6, 6.07) is 11.0. The summed E-state index contributed by atoms with van der Waals surface area (Å²) in [4.78, 5) is 38.2. The first-order chi connectivity index (χ1) is 14.9. The molecule has 0 saturated carbocycles. The highest BCUT2D eigenvalue weighted by Crippen LogP contribution is 2.29. The molecular formula is C20H18FN7O3. The van der Waals surface area contributed by atoms with Crippen molar-refractivity contribution in [1.82, 2.24) is 20.2 Å². The van der Waals surface area contributed by atoms with Gasteiger partial charge in [0.15, 0.2) is 5.82 Å². The highest BCUT2D eigenvalue weighted by Gasteiger charge is 2.26. The van der Waals surface area contributed by atoms with Gasteiger partial charge in [0.1, 0.15) is 12.4 Å². The lowest BCUT2D eigenvalue weighted by Gasteiger charge is -2.29. The van der Waals surface area contributed by atoms with Gasteiger partial charge in [0.2, 0.25) is 17.7 Å². The molecular weight excluding hydrogens is 405 g/mol. The number of aryl methyl sites for hydroxylation is 1. The van der Waals surface area contributed by atoms with E-state index in [4.69, 9.17) is 0 Å². The fourth-order valence-corrected chi connectivity index (χ4v) is 3.23. The van der Waals surface area contributed by atoms with E-state index in [-0.39, 0.29) is 36.9 Å². The fraction of sp³-hybridized carbons (Fsp3) is 0.200. The third-order valence-electron chi connectivity index (χ3n) is 4.73. The van der Waals surface area contributed by atoms with Gasteiger partial charge >= 0.3 is 0 Å². The Morgan fingerprint density at radius 2 is 2.00 bits per heavy atom. The van der Waals surface area contributed by atoms with Gasteiger partial charge in [0.25, 0.3) is 0 Å². The Balaban J connectivity index is 1.42. The van der Waals surface area contributed by atoms with Gasteiger partial charge in [-0.3, -0.25) is 14.4 Å². The van der Waals surface area contributed by atoms with Gasteiger partial charge in [-0.15, -0.1) is 5.10 Å². The van der Waals surface area contributed by atoms with Gasteiger partial charge in [-0.25, -0.2) is 4.39 Å². The highest BCUT2D eigenvalue weighted by molar-refractivity contribution is 6.10. The smallest absolute Gasteiger partial charge is 0.244 e. The van der Waals surface area contributed by atoms with Crippen LogP contribution in [0.1, 0.15) is 18.7 Å². The molecule has 2 N–H and O–H groups in total. The van der Waals surface area contributed by atoms with Crippen LogP contribution in [-0.4, -0.2) is 44.5 Å². The van der Waals surface area contributed by atoms with E-state index in [0.29, 0.717) is 22.9 Å². The predicted octanol–water partition coefficient (Wildman–Crippen LogP) is 1.81. The average molecular weight is 423 g/mol. The summed E-state index contributed by atoms with van der Waals surface area (Å²) in [6.45, 7) is 1.56. The SMILES string of the molecule is Cc1nnnn1-c1ccc(F)c(NC(=O)CCC(=O)N2CC(=O)Nc3ccccc32)c1. The second-order valence-corrected chi connectivity index (χ2v) is 6.90. The Hall–Kier alpha value is -4.15. The number of halogens is 1. The van der Waals surface area contributed by atoms with Crippen LogP contribution in [0, 0.1) is 12.7 Å². The summed E-state index contributed by atoms with van der Waals surface area (Å²) in [7, 11) is 0. The largest absolute Gasteiger partial charge is 0.324 e. The third kappa shape index (κ3) is 4.25. The number of amides is 3. The van der Waals surface area contributed by atoms with E-state index < -0.39 is 11.7 Å². The van der Waals surface area contributed by atoms with Crippen LogP contribution < -0.4 is 15.5 Å². The molecule has 0 aliphatic carbocycles. The van der Waals surface area contributed by atoms with Crippen molar-refractivity contribution in [3.05, 3.63) is 54.1 Å². The molecule has 1 aliphatic rings. The number of aromatic nitrogens is 4. The topological polar surface area (TPSA) is 122 Å². The second-order valence-electron chi connectivity index (χ2n) is 6.90. The maximum absolute atomic E-state index is 14.2. The molecule has 158 valence electrons. The molecule has 0 saturated heterocycles. The highest BCUT2D eigenvalue weighted by atomic mass is 19.1. The van der Waals surface area contributed by atoms with E-state index in [2.05, 4.69) is 26.2 Å². The first-order valence-electron chi connectivity index (χ1n) is 9.46. The normalized spacial score (nSPS) is 12.8. The zero-order valence-corrected chi connectivity index (χ0v) is 16.5. The number of fused-ring (bicyclic) bond motifs is 1. The van der Waals surface area contributed by atoms with Crippen LogP contribution in [0.25, 0.3) is 5.69 Å². The van der Waals surface area contributed by atoms with E-state index >= 15 is 0 Å². The van der Waals surface area contributed by atoms with Crippen LogP contribution in [0.3, 0.4) is 0 Å². The molecule has 11 heteroatoms. The zero-order valence-electron chi connectivity index (χ0n) is 16.5. The van der Waals surface area contributed by atoms with Crippen molar-refractivity contribution in [2.24, 2.45) is 0 Å². The van der Waals surface area contributed by atoms with Gasteiger partial charge in [-0.2, -0.15) is 4.68 Å². The third-order valence-corrected chi connectivity index (χ3v) is 4.73. The first kappa shape index (κ1) is 20.1. The maximum Gasteiger partial charge on any atom is 0.244 e. The van der Waals surface area contributed by atoms with Crippen molar-refractivity contribution in [2.45, 2.75) is 19.8 Å². The number of para-hydroxylation sites is 2. The van der Waals surface area contributed by atoms with Gasteiger partial charge in [-0.1, -0.05) is 12.1 Å². The number of anilines is 3. The summed E-state index contributed by atoms with van der Waals surface area (Å²) in [5, 5.41) is 16.3. The Bertz CT molecular complexity index is 1180. The number of hydrogen-bond donors (Lipinski definition) is 2. The average Bonchev–Trinajstić information content (AvgIpc) is 3.18. The van der Waals surface area contributed by atoms with Crippen LogP contribution in [0.4, 0.5) is 21.5 Å². The number of benzene rings is 2. The van der Waals surface area contributed by atoms with Crippen molar-refractivity contribution < 1.29 is 18.8 Å². The van der Waals surface area contributed by atoms with Crippen molar-refractivity contribution in [1.29, 1.82) is 0 Å². The molecule has 1 aliphatic heterocycles. The summed E-state index contributed by atoms with van der Waals surface area (Å²) in [5.41, 5.74) is 1.54. The van der Waals surface area contributed by atoms with E-state index in [0.717, 1.165) is 0 Å². The number of nitrogens with zero attached hydrogens (tertiary/aromatic N) is 5. The lowest BCUT2D eigenvalue weighted by molar-refractivity contribution is -0.124. The van der Waals surface area contributed by atoms with E-state index in [1.54, 1.807) is 31.2 Å². The van der Waals surface area contributed by atoms with Crippen LogP contribution in [0.15, 0.2) is 42.5 Å². The molecule has 2 heterocycles. The van der Waals surface area contributed by atoms with Crippen LogP contribution in [-0.2, 0) is 14.4 Å². The predicted molar refractivity (Wildman–Crippen MR) is 109 cm³/mol. The molecule has 0 radical (unpaired) electrons. The Morgan fingerprint density at radius 1 is 1.19 bits per heavy atom. The fourth-order valence-electron chi connectivity index (χ4n) is 3.23. The number of rotatable bonds is 5. The zero-order chi connectivity index (χ0) is 22.0. The van der Waals surface area contributed by atoms with Crippen molar-refractivity contribution >= 4 is 34.8 Å². The molecule has 4 rings (SSSR count). The molecule has 2 aromatic carbocycles. The second kappa shape index (κ2) is 8.30. The molecule has 0 bridgehead atoms. The molecule has 3 aromatic rings. The molecule has 0 unspecified atom stereocenters. The molecule has 0 spiro atoms. The standard InChI is InChI=1S/C20H18FN7O3/c1-12-24-25-26-28(12)13-6-7-14(21)16(10-13)23-18(29)8-9-20(31)27-11-19(30)22-15-4-2-3-5-17(15)27/h2-7,10H,8-9,11H2,1H3,(H,22,30)(H,23,29). The number of tetrazole rings is 1. The minimum absolute atomic E-state index is 0.0486. The quantitative estimate of drug-likeness (QED) is 0.645. The minimum Gasteiger partial charge on any atom is -0.324 e. The minimum atomic E-state index is -0.629. The van der Waals surface area contributed by atoms with Gasteiger partial charge in [0, 0.05) is 12.8 Å². The molecule has 10 nitrogen and oxygen atoms in total. The van der Waals surface area contributed by atoms with Crippen LogP contribution >= 0.6 is 0 Å². The van der Waals surface area contributed by atoms with Crippen molar-refractivity contribution in [3.8, 4) is 5.69 Å². The van der Waals surface area contributed by atoms with E-state index in [1.807, 2.05) is 0 Å². The lowest BCUT2D eigenvalue weighted by atomic mass is 10.1. The van der Waals surface area contributed by atoms with Crippen LogP contribution in [0.5, 0.6) is 0 Å². The molecule has 3 amide bonds.